The second-order valence-corrected chi connectivity index (χ2v) is 5.18. The van der Waals surface area contributed by atoms with Gasteiger partial charge in [-0.2, -0.15) is 0 Å². The monoisotopic (exact) mass is 275 g/mol. The molecule has 0 fully saturated rings. The van der Waals surface area contributed by atoms with Gasteiger partial charge in [0.05, 0.1) is 4.92 Å². The molecule has 0 saturated carbocycles. The number of Topliss-reactive ketones (excluding diaryl/α,β-unsaturated/α-hetero) is 3. The van der Waals surface area contributed by atoms with Gasteiger partial charge in [0.25, 0.3) is 5.69 Å². The minimum atomic E-state index is -1.41. The van der Waals surface area contributed by atoms with Crippen LogP contribution in [0.2, 0.25) is 0 Å². The lowest BCUT2D eigenvalue weighted by Gasteiger charge is -2.07. The van der Waals surface area contributed by atoms with Crippen molar-refractivity contribution in [3.63, 3.8) is 0 Å². The zero-order valence-electron chi connectivity index (χ0n) is 11.1. The number of carbonyl (C=O) groups excluding carboxylic acids is 3. The number of carbonyl (C=O) groups is 3. The van der Waals surface area contributed by atoms with E-state index in [0.717, 1.165) is 0 Å². The molecule has 6 nitrogen and oxygen atoms in total. The zero-order valence-corrected chi connectivity index (χ0v) is 11.1. The SMILES string of the molecule is CC(C)CC(=O)C1C(=O)c2cccc([N+](=O)[O-])c2C1=O. The van der Waals surface area contributed by atoms with E-state index in [1.165, 1.54) is 18.2 Å². The van der Waals surface area contributed by atoms with Gasteiger partial charge in [0.15, 0.2) is 17.3 Å². The summed E-state index contributed by atoms with van der Waals surface area (Å²) < 4.78 is 0. The third-order valence-corrected chi connectivity index (χ3v) is 3.21. The summed E-state index contributed by atoms with van der Waals surface area (Å²) in [6.45, 7) is 3.61. The molecule has 0 saturated heterocycles. The molecule has 0 aliphatic heterocycles. The summed E-state index contributed by atoms with van der Waals surface area (Å²) in [5.74, 6) is -3.24. The van der Waals surface area contributed by atoms with Crippen LogP contribution < -0.4 is 0 Å². The van der Waals surface area contributed by atoms with Crippen molar-refractivity contribution >= 4 is 23.0 Å². The Morgan fingerprint density at radius 1 is 1.30 bits per heavy atom. The normalized spacial score (nSPS) is 17.4. The molecule has 0 bridgehead atoms. The van der Waals surface area contributed by atoms with E-state index in [0.29, 0.717) is 0 Å². The first-order chi connectivity index (χ1) is 9.34. The van der Waals surface area contributed by atoms with Crippen LogP contribution in [0, 0.1) is 22.0 Å². The fourth-order valence-corrected chi connectivity index (χ4v) is 2.39. The maximum Gasteiger partial charge on any atom is 0.280 e. The number of fused-ring (bicyclic) bond motifs is 1. The van der Waals surface area contributed by atoms with Crippen LogP contribution in [0.4, 0.5) is 5.69 Å². The molecule has 0 aromatic heterocycles. The number of nitro groups is 1. The molecular weight excluding hydrogens is 262 g/mol. The Kier molecular flexibility index (Phi) is 3.48. The first-order valence-electron chi connectivity index (χ1n) is 6.23. The zero-order chi connectivity index (χ0) is 15.0. The largest absolute Gasteiger partial charge is 0.298 e. The number of hydrogen-bond donors (Lipinski definition) is 0. The Hall–Kier alpha value is -2.37. The van der Waals surface area contributed by atoms with Crippen molar-refractivity contribution in [2.75, 3.05) is 0 Å². The third kappa shape index (κ3) is 2.13. The second-order valence-electron chi connectivity index (χ2n) is 5.18. The third-order valence-electron chi connectivity index (χ3n) is 3.21. The molecule has 2 rings (SSSR count). The molecule has 104 valence electrons. The molecule has 0 amide bonds. The van der Waals surface area contributed by atoms with Crippen molar-refractivity contribution in [1.29, 1.82) is 0 Å². The van der Waals surface area contributed by atoms with Crippen LogP contribution in [0.1, 0.15) is 41.0 Å². The van der Waals surface area contributed by atoms with Crippen LogP contribution in [0.5, 0.6) is 0 Å². The molecule has 6 heteroatoms. The van der Waals surface area contributed by atoms with E-state index in [1.807, 2.05) is 0 Å². The van der Waals surface area contributed by atoms with Gasteiger partial charge in [0.2, 0.25) is 0 Å². The van der Waals surface area contributed by atoms with Crippen molar-refractivity contribution < 1.29 is 19.3 Å². The summed E-state index contributed by atoms with van der Waals surface area (Å²) in [4.78, 5) is 46.6. The van der Waals surface area contributed by atoms with E-state index in [-0.39, 0.29) is 23.5 Å². The fourth-order valence-electron chi connectivity index (χ4n) is 2.39. The predicted molar refractivity (Wildman–Crippen MR) is 69.7 cm³/mol. The van der Waals surface area contributed by atoms with Gasteiger partial charge in [-0.05, 0) is 5.92 Å². The van der Waals surface area contributed by atoms with Gasteiger partial charge in [-0.3, -0.25) is 24.5 Å². The predicted octanol–water partition coefficient (Wildman–Crippen LogP) is 2.21. The molecule has 0 N–H and O–H groups in total. The average Bonchev–Trinajstić information content (AvgIpc) is 2.61. The highest BCUT2D eigenvalue weighted by Gasteiger charge is 2.46. The molecule has 1 unspecified atom stereocenters. The second kappa shape index (κ2) is 4.96. The Morgan fingerprint density at radius 2 is 1.95 bits per heavy atom. The lowest BCUT2D eigenvalue weighted by Crippen LogP contribution is -2.26. The van der Waals surface area contributed by atoms with Gasteiger partial charge in [0, 0.05) is 18.1 Å². The Labute approximate surface area is 114 Å². The first kappa shape index (κ1) is 14.0. The summed E-state index contributed by atoms with van der Waals surface area (Å²) in [5.41, 5.74) is -0.670. The van der Waals surface area contributed by atoms with Gasteiger partial charge < -0.3 is 0 Å². The maximum atomic E-state index is 12.2. The summed E-state index contributed by atoms with van der Waals surface area (Å²) in [6, 6.07) is 3.86. The van der Waals surface area contributed by atoms with Crippen LogP contribution in [0.15, 0.2) is 18.2 Å². The molecule has 1 aliphatic carbocycles. The van der Waals surface area contributed by atoms with Crippen molar-refractivity contribution in [2.45, 2.75) is 20.3 Å². The van der Waals surface area contributed by atoms with E-state index in [9.17, 15) is 24.5 Å². The number of ketones is 3. The van der Waals surface area contributed by atoms with Crippen LogP contribution >= 0.6 is 0 Å². The number of rotatable bonds is 4. The summed E-state index contributed by atoms with van der Waals surface area (Å²) in [7, 11) is 0. The molecule has 1 aromatic carbocycles. The highest BCUT2D eigenvalue weighted by molar-refractivity contribution is 6.36. The minimum absolute atomic E-state index is 0.0156. The molecule has 1 aliphatic rings. The summed E-state index contributed by atoms with van der Waals surface area (Å²) >= 11 is 0. The topological polar surface area (TPSA) is 94.3 Å². The number of nitro benzene ring substituents is 1. The molecule has 0 spiro atoms. The van der Waals surface area contributed by atoms with Gasteiger partial charge >= 0.3 is 0 Å². The van der Waals surface area contributed by atoms with Crippen molar-refractivity contribution in [3.8, 4) is 0 Å². The van der Waals surface area contributed by atoms with E-state index >= 15 is 0 Å². The van der Waals surface area contributed by atoms with Crippen LogP contribution in [0.3, 0.4) is 0 Å². The molecule has 1 aromatic rings. The Morgan fingerprint density at radius 3 is 2.50 bits per heavy atom. The quantitative estimate of drug-likeness (QED) is 0.477. The number of hydrogen-bond acceptors (Lipinski definition) is 5. The number of benzene rings is 1. The highest BCUT2D eigenvalue weighted by Crippen LogP contribution is 2.34. The summed E-state index contributed by atoms with van der Waals surface area (Å²) in [6.07, 6.45) is 0.101. The van der Waals surface area contributed by atoms with E-state index in [2.05, 4.69) is 0 Å². The molecule has 20 heavy (non-hydrogen) atoms. The lowest BCUT2D eigenvalue weighted by molar-refractivity contribution is -0.385. The van der Waals surface area contributed by atoms with Crippen molar-refractivity contribution in [3.05, 3.63) is 39.4 Å². The minimum Gasteiger partial charge on any atom is -0.298 e. The van der Waals surface area contributed by atoms with Gasteiger partial charge in [0.1, 0.15) is 11.5 Å². The standard InChI is InChI=1S/C14H13NO5/c1-7(2)6-10(16)12-13(17)8-4-3-5-9(15(19)20)11(8)14(12)18/h3-5,7,12H,6H2,1-2H3. The first-order valence-corrected chi connectivity index (χ1v) is 6.23. The van der Waals surface area contributed by atoms with Crippen LogP contribution in [0.25, 0.3) is 0 Å². The molecular formula is C14H13NO5. The fraction of sp³-hybridized carbons (Fsp3) is 0.357. The average molecular weight is 275 g/mol. The number of nitrogens with zero attached hydrogens (tertiary/aromatic N) is 1. The van der Waals surface area contributed by atoms with Gasteiger partial charge in [-0.1, -0.05) is 26.0 Å². The molecule has 1 atom stereocenters. The highest BCUT2D eigenvalue weighted by atomic mass is 16.6. The lowest BCUT2D eigenvalue weighted by atomic mass is 9.92. The maximum absolute atomic E-state index is 12.2. The smallest absolute Gasteiger partial charge is 0.280 e. The van der Waals surface area contributed by atoms with Gasteiger partial charge in [-0.25, -0.2) is 0 Å². The van der Waals surface area contributed by atoms with Crippen molar-refractivity contribution in [1.82, 2.24) is 0 Å². The Balaban J connectivity index is 2.48. The van der Waals surface area contributed by atoms with Gasteiger partial charge in [-0.15, -0.1) is 0 Å². The van der Waals surface area contributed by atoms with Crippen molar-refractivity contribution in [2.24, 2.45) is 11.8 Å². The van der Waals surface area contributed by atoms with E-state index < -0.39 is 33.9 Å². The molecule has 0 heterocycles. The van der Waals surface area contributed by atoms with Crippen LogP contribution in [-0.4, -0.2) is 22.3 Å². The Bertz CT molecular complexity index is 632. The summed E-state index contributed by atoms with van der Waals surface area (Å²) in [5, 5.41) is 10.9. The van der Waals surface area contributed by atoms with E-state index in [1.54, 1.807) is 13.8 Å². The molecule has 0 radical (unpaired) electrons. The van der Waals surface area contributed by atoms with Crippen LogP contribution in [-0.2, 0) is 4.79 Å². The van der Waals surface area contributed by atoms with E-state index in [4.69, 9.17) is 0 Å².